The van der Waals surface area contributed by atoms with Gasteiger partial charge in [-0.15, -0.1) is 0 Å². The number of benzene rings is 2. The largest absolute Gasteiger partial charge is 0.325 e. The number of likely N-dealkylation sites (N-methyl/N-ethyl adjacent to an activating group) is 1. The van der Waals surface area contributed by atoms with Gasteiger partial charge in [-0.3, -0.25) is 4.79 Å². The van der Waals surface area contributed by atoms with E-state index in [1.807, 2.05) is 24.3 Å². The van der Waals surface area contributed by atoms with E-state index in [0.29, 0.717) is 12.1 Å². The van der Waals surface area contributed by atoms with Gasteiger partial charge in [0.1, 0.15) is 0 Å². The quantitative estimate of drug-likeness (QED) is 0.812. The molecule has 0 atom stereocenters. The van der Waals surface area contributed by atoms with E-state index in [1.54, 1.807) is 36.4 Å². The van der Waals surface area contributed by atoms with Crippen molar-refractivity contribution >= 4 is 27.7 Å². The summed E-state index contributed by atoms with van der Waals surface area (Å²) in [4.78, 5) is 12.1. The number of hydrogen-bond donors (Lipinski definition) is 1. The van der Waals surface area contributed by atoms with Gasteiger partial charge in [-0.05, 0) is 29.3 Å². The Bertz CT molecular complexity index is 915. The third kappa shape index (κ3) is 5.84. The molecule has 0 aliphatic carbocycles. The smallest absolute Gasteiger partial charge is 0.239 e. The first-order valence-corrected chi connectivity index (χ1v) is 9.36. The van der Waals surface area contributed by atoms with Crippen LogP contribution in [0.2, 0.25) is 0 Å². The number of nitrogens with one attached hydrogen (secondary N) is 1. The molecule has 134 valence electrons. The zero-order valence-corrected chi connectivity index (χ0v) is 15.1. The SMILES string of the molecule is CN(CC(=O)Nc1ccc(CC#N)cc1)S(=O)(=O)C=Cc1ccccc1. The second-order valence-electron chi connectivity index (χ2n) is 5.59. The second-order valence-corrected chi connectivity index (χ2v) is 7.52. The monoisotopic (exact) mass is 369 g/mol. The van der Waals surface area contributed by atoms with Crippen LogP contribution in [-0.4, -0.2) is 32.2 Å². The lowest BCUT2D eigenvalue weighted by Gasteiger charge is -2.14. The van der Waals surface area contributed by atoms with Crippen molar-refractivity contribution in [1.29, 1.82) is 5.26 Å². The molecule has 1 N–H and O–H groups in total. The third-order valence-corrected chi connectivity index (χ3v) is 5.03. The summed E-state index contributed by atoms with van der Waals surface area (Å²) in [7, 11) is -2.36. The highest BCUT2D eigenvalue weighted by Crippen LogP contribution is 2.11. The molecule has 0 saturated heterocycles. The lowest BCUT2D eigenvalue weighted by atomic mass is 10.1. The van der Waals surface area contributed by atoms with Gasteiger partial charge in [-0.1, -0.05) is 42.5 Å². The Balaban J connectivity index is 1.95. The first kappa shape index (κ1) is 19.4. The Hall–Kier alpha value is -2.95. The average molecular weight is 369 g/mol. The molecule has 1 amide bonds. The first-order valence-electron chi connectivity index (χ1n) is 7.86. The second kappa shape index (κ2) is 8.94. The van der Waals surface area contributed by atoms with Crippen LogP contribution >= 0.6 is 0 Å². The highest BCUT2D eigenvalue weighted by Gasteiger charge is 2.17. The molecule has 2 aromatic rings. The van der Waals surface area contributed by atoms with Gasteiger partial charge in [0, 0.05) is 18.1 Å². The van der Waals surface area contributed by atoms with Crippen LogP contribution in [0.5, 0.6) is 0 Å². The predicted molar refractivity (Wildman–Crippen MR) is 101 cm³/mol. The van der Waals surface area contributed by atoms with E-state index in [0.717, 1.165) is 20.8 Å². The average Bonchev–Trinajstić information content (AvgIpc) is 2.63. The summed E-state index contributed by atoms with van der Waals surface area (Å²) >= 11 is 0. The molecule has 0 unspecified atom stereocenters. The van der Waals surface area contributed by atoms with Crippen LogP contribution in [-0.2, 0) is 21.2 Å². The van der Waals surface area contributed by atoms with Crippen LogP contribution in [0.15, 0.2) is 60.0 Å². The molecule has 0 aliphatic rings. The Labute approximate surface area is 153 Å². The molecular weight excluding hydrogens is 350 g/mol. The minimum atomic E-state index is -3.70. The summed E-state index contributed by atoms with van der Waals surface area (Å²) < 4.78 is 25.5. The van der Waals surface area contributed by atoms with Crippen molar-refractivity contribution in [3.63, 3.8) is 0 Å². The lowest BCUT2D eigenvalue weighted by molar-refractivity contribution is -0.116. The Morgan fingerprint density at radius 2 is 1.81 bits per heavy atom. The summed E-state index contributed by atoms with van der Waals surface area (Å²) in [5.41, 5.74) is 2.14. The van der Waals surface area contributed by atoms with Crippen molar-refractivity contribution in [3.8, 4) is 6.07 Å². The number of anilines is 1. The number of hydrogen-bond acceptors (Lipinski definition) is 4. The molecule has 2 aromatic carbocycles. The molecule has 0 spiro atoms. The maximum atomic E-state index is 12.2. The number of nitrogens with zero attached hydrogens (tertiary/aromatic N) is 2. The van der Waals surface area contributed by atoms with E-state index in [1.165, 1.54) is 13.1 Å². The van der Waals surface area contributed by atoms with Gasteiger partial charge in [0.15, 0.2) is 0 Å². The maximum Gasteiger partial charge on any atom is 0.239 e. The van der Waals surface area contributed by atoms with Crippen molar-refractivity contribution < 1.29 is 13.2 Å². The van der Waals surface area contributed by atoms with E-state index in [9.17, 15) is 13.2 Å². The molecule has 0 radical (unpaired) electrons. The minimum Gasteiger partial charge on any atom is -0.325 e. The van der Waals surface area contributed by atoms with Crippen LogP contribution in [0.25, 0.3) is 6.08 Å². The van der Waals surface area contributed by atoms with Gasteiger partial charge < -0.3 is 5.32 Å². The van der Waals surface area contributed by atoms with Crippen molar-refractivity contribution in [3.05, 3.63) is 71.1 Å². The molecule has 26 heavy (non-hydrogen) atoms. The highest BCUT2D eigenvalue weighted by molar-refractivity contribution is 7.92. The molecule has 0 fully saturated rings. The fourth-order valence-corrected chi connectivity index (χ4v) is 2.96. The van der Waals surface area contributed by atoms with E-state index in [4.69, 9.17) is 5.26 Å². The first-order chi connectivity index (χ1) is 12.4. The van der Waals surface area contributed by atoms with Crippen LogP contribution < -0.4 is 5.32 Å². The number of sulfonamides is 1. The topological polar surface area (TPSA) is 90.3 Å². The zero-order valence-electron chi connectivity index (χ0n) is 14.3. The summed E-state index contributed by atoms with van der Waals surface area (Å²) in [6.45, 7) is -0.304. The third-order valence-electron chi connectivity index (χ3n) is 3.55. The highest BCUT2D eigenvalue weighted by atomic mass is 32.2. The van der Waals surface area contributed by atoms with E-state index < -0.39 is 15.9 Å². The van der Waals surface area contributed by atoms with Crippen LogP contribution in [0.1, 0.15) is 11.1 Å². The van der Waals surface area contributed by atoms with Gasteiger partial charge in [-0.25, -0.2) is 8.42 Å². The lowest BCUT2D eigenvalue weighted by Crippen LogP contribution is -2.33. The molecule has 2 rings (SSSR count). The fourth-order valence-electron chi connectivity index (χ4n) is 2.12. The normalized spacial score (nSPS) is 11.4. The molecule has 6 nitrogen and oxygen atoms in total. The Morgan fingerprint density at radius 1 is 1.15 bits per heavy atom. The molecule has 0 saturated carbocycles. The molecule has 0 aliphatic heterocycles. The Kier molecular flexibility index (Phi) is 6.67. The number of carbonyl (C=O) groups excluding carboxylic acids is 1. The number of carbonyl (C=O) groups is 1. The molecule has 0 bridgehead atoms. The minimum absolute atomic E-state index is 0.295. The van der Waals surface area contributed by atoms with Gasteiger partial charge in [0.2, 0.25) is 15.9 Å². The van der Waals surface area contributed by atoms with Crippen molar-refractivity contribution in [2.75, 3.05) is 18.9 Å². The fraction of sp³-hybridized carbons (Fsp3) is 0.158. The molecule has 0 heterocycles. The van der Waals surface area contributed by atoms with Gasteiger partial charge in [-0.2, -0.15) is 9.57 Å². The van der Waals surface area contributed by atoms with E-state index in [-0.39, 0.29) is 6.54 Å². The summed E-state index contributed by atoms with van der Waals surface area (Å²) in [5, 5.41) is 12.4. The molecular formula is C19H19N3O3S. The van der Waals surface area contributed by atoms with Crippen LogP contribution in [0.3, 0.4) is 0 Å². The van der Waals surface area contributed by atoms with E-state index >= 15 is 0 Å². The van der Waals surface area contributed by atoms with Crippen LogP contribution in [0, 0.1) is 11.3 Å². The van der Waals surface area contributed by atoms with Gasteiger partial charge in [0.25, 0.3) is 0 Å². The van der Waals surface area contributed by atoms with Crippen LogP contribution in [0.4, 0.5) is 5.69 Å². The number of nitriles is 1. The maximum absolute atomic E-state index is 12.2. The Morgan fingerprint density at radius 3 is 2.42 bits per heavy atom. The molecule has 0 aromatic heterocycles. The van der Waals surface area contributed by atoms with Gasteiger partial charge in [0.05, 0.1) is 19.0 Å². The molecule has 7 heteroatoms. The summed E-state index contributed by atoms with van der Waals surface area (Å²) in [6.07, 6.45) is 1.78. The zero-order chi connectivity index (χ0) is 19.0. The number of rotatable bonds is 7. The van der Waals surface area contributed by atoms with E-state index in [2.05, 4.69) is 5.32 Å². The number of amides is 1. The van der Waals surface area contributed by atoms with Crippen molar-refractivity contribution in [1.82, 2.24) is 4.31 Å². The van der Waals surface area contributed by atoms with Gasteiger partial charge >= 0.3 is 0 Å². The van der Waals surface area contributed by atoms with Crippen molar-refractivity contribution in [2.24, 2.45) is 0 Å². The summed E-state index contributed by atoms with van der Waals surface area (Å²) in [5.74, 6) is -0.447. The van der Waals surface area contributed by atoms with Crippen molar-refractivity contribution in [2.45, 2.75) is 6.42 Å². The predicted octanol–water partition coefficient (Wildman–Crippen LogP) is 2.62. The standard InChI is InChI=1S/C19H19N3O3S/c1-22(26(24,25)14-12-16-5-3-2-4-6-16)15-19(23)21-18-9-7-17(8-10-18)11-13-20/h2-10,12,14H,11,15H2,1H3,(H,21,23). The summed E-state index contributed by atoms with van der Waals surface area (Å²) in [6, 6.07) is 17.9.